The molecule has 2 heterocycles. The quantitative estimate of drug-likeness (QED) is 0.371. The highest BCUT2D eigenvalue weighted by molar-refractivity contribution is 7.89. The van der Waals surface area contributed by atoms with Crippen LogP contribution in [0.5, 0.6) is 11.5 Å². The maximum atomic E-state index is 12.5. The number of benzene rings is 2. The zero-order valence-corrected chi connectivity index (χ0v) is 20.3. The van der Waals surface area contributed by atoms with Crippen molar-refractivity contribution in [2.24, 2.45) is 0 Å². The Bertz CT molecular complexity index is 1520. The van der Waals surface area contributed by atoms with Crippen molar-refractivity contribution in [3.8, 4) is 22.9 Å². The first kappa shape index (κ1) is 23.5. The Balaban J connectivity index is 1.79. The van der Waals surface area contributed by atoms with Gasteiger partial charge in [-0.05, 0) is 43.3 Å². The third-order valence-corrected chi connectivity index (χ3v) is 7.33. The predicted molar refractivity (Wildman–Crippen MR) is 125 cm³/mol. The standard InChI is InChI=1S/C22H25N5O6S/c1-6-26-17-9-8-15(34(29,30)25(2)3)12-16(17)23-20(26)13-27-21(24-33-22(27)28)14-7-10-18(31-4)19(11-14)32-5/h7-12H,6,13H2,1-5H3. The van der Waals surface area contributed by atoms with Crippen LogP contribution in [0.15, 0.2) is 50.6 Å². The Morgan fingerprint density at radius 2 is 1.76 bits per heavy atom. The zero-order chi connectivity index (χ0) is 24.6. The van der Waals surface area contributed by atoms with Crippen LogP contribution in [0.3, 0.4) is 0 Å². The molecule has 12 heteroatoms. The van der Waals surface area contributed by atoms with Gasteiger partial charge in [-0.3, -0.25) is 4.52 Å². The van der Waals surface area contributed by atoms with E-state index in [9.17, 15) is 13.2 Å². The lowest BCUT2D eigenvalue weighted by Crippen LogP contribution is -2.22. The number of aryl methyl sites for hydroxylation is 1. The lowest BCUT2D eigenvalue weighted by Gasteiger charge is -2.11. The normalized spacial score (nSPS) is 11.9. The summed E-state index contributed by atoms with van der Waals surface area (Å²) in [4.78, 5) is 17.3. The molecule has 0 aliphatic rings. The fourth-order valence-corrected chi connectivity index (χ4v) is 4.66. The minimum atomic E-state index is -3.61. The minimum Gasteiger partial charge on any atom is -0.493 e. The molecule has 0 radical (unpaired) electrons. The lowest BCUT2D eigenvalue weighted by atomic mass is 10.2. The molecule has 34 heavy (non-hydrogen) atoms. The van der Waals surface area contributed by atoms with Crippen molar-refractivity contribution < 1.29 is 22.4 Å². The SMILES string of the molecule is CCn1c(Cn2c(-c3ccc(OC)c(OC)c3)noc2=O)nc2cc(S(=O)(=O)N(C)C)ccc21. The van der Waals surface area contributed by atoms with Crippen molar-refractivity contribution in [2.75, 3.05) is 28.3 Å². The van der Waals surface area contributed by atoms with E-state index in [-0.39, 0.29) is 11.4 Å². The van der Waals surface area contributed by atoms with Gasteiger partial charge in [-0.15, -0.1) is 0 Å². The Hall–Kier alpha value is -3.64. The fourth-order valence-electron chi connectivity index (χ4n) is 3.74. The highest BCUT2D eigenvalue weighted by Crippen LogP contribution is 2.31. The van der Waals surface area contributed by atoms with Crippen molar-refractivity contribution >= 4 is 21.1 Å². The molecule has 0 saturated carbocycles. The first-order valence-corrected chi connectivity index (χ1v) is 11.9. The van der Waals surface area contributed by atoms with Gasteiger partial charge in [-0.25, -0.2) is 27.1 Å². The van der Waals surface area contributed by atoms with Gasteiger partial charge >= 0.3 is 5.76 Å². The Morgan fingerprint density at radius 1 is 1.03 bits per heavy atom. The Morgan fingerprint density at radius 3 is 2.41 bits per heavy atom. The van der Waals surface area contributed by atoms with E-state index in [2.05, 4.69) is 10.1 Å². The number of hydrogen-bond donors (Lipinski definition) is 0. The number of hydrogen-bond acceptors (Lipinski definition) is 8. The second-order valence-corrected chi connectivity index (χ2v) is 9.79. The summed E-state index contributed by atoms with van der Waals surface area (Å²) in [6.07, 6.45) is 0. The fraction of sp³-hybridized carbons (Fsp3) is 0.318. The van der Waals surface area contributed by atoms with Gasteiger partial charge in [0, 0.05) is 26.2 Å². The number of imidazole rings is 1. The van der Waals surface area contributed by atoms with E-state index in [1.54, 1.807) is 30.3 Å². The zero-order valence-electron chi connectivity index (χ0n) is 19.5. The van der Waals surface area contributed by atoms with Crippen LogP contribution in [0.4, 0.5) is 0 Å². The van der Waals surface area contributed by atoms with E-state index in [1.165, 1.54) is 38.9 Å². The van der Waals surface area contributed by atoms with Gasteiger partial charge in [0.1, 0.15) is 5.82 Å². The van der Waals surface area contributed by atoms with Gasteiger partial charge in [0.15, 0.2) is 17.3 Å². The number of fused-ring (bicyclic) bond motifs is 1. The average molecular weight is 488 g/mol. The van der Waals surface area contributed by atoms with Crippen molar-refractivity contribution in [3.63, 3.8) is 0 Å². The largest absolute Gasteiger partial charge is 0.493 e. The molecule has 4 aromatic rings. The molecule has 0 amide bonds. The monoisotopic (exact) mass is 487 g/mol. The molecule has 0 fully saturated rings. The van der Waals surface area contributed by atoms with Crippen LogP contribution >= 0.6 is 0 Å². The summed E-state index contributed by atoms with van der Waals surface area (Å²) in [6, 6.07) is 9.97. The molecule has 0 bridgehead atoms. The molecule has 11 nitrogen and oxygen atoms in total. The molecular weight excluding hydrogens is 462 g/mol. The third-order valence-electron chi connectivity index (χ3n) is 5.52. The molecule has 2 aromatic carbocycles. The van der Waals surface area contributed by atoms with Crippen molar-refractivity contribution in [1.29, 1.82) is 0 Å². The molecule has 0 aliphatic carbocycles. The number of methoxy groups -OCH3 is 2. The second-order valence-electron chi connectivity index (χ2n) is 7.64. The van der Waals surface area contributed by atoms with Gasteiger partial charge in [0.2, 0.25) is 10.0 Å². The number of sulfonamides is 1. The Kier molecular flexibility index (Phi) is 6.19. The van der Waals surface area contributed by atoms with E-state index >= 15 is 0 Å². The van der Waals surface area contributed by atoms with Crippen LogP contribution in [0.1, 0.15) is 12.7 Å². The molecular formula is C22H25N5O6S. The molecule has 0 spiro atoms. The van der Waals surface area contributed by atoms with E-state index in [0.717, 1.165) is 9.82 Å². The molecule has 0 N–H and O–H groups in total. The van der Waals surface area contributed by atoms with E-state index < -0.39 is 15.8 Å². The van der Waals surface area contributed by atoms with Crippen LogP contribution in [-0.2, 0) is 23.1 Å². The summed E-state index contributed by atoms with van der Waals surface area (Å²) in [5, 5.41) is 3.95. The first-order chi connectivity index (χ1) is 16.2. The third kappa shape index (κ3) is 3.94. The lowest BCUT2D eigenvalue weighted by molar-refractivity contribution is 0.355. The highest BCUT2D eigenvalue weighted by atomic mass is 32.2. The topological polar surface area (TPSA) is 122 Å². The highest BCUT2D eigenvalue weighted by Gasteiger charge is 2.21. The van der Waals surface area contributed by atoms with Crippen LogP contribution < -0.4 is 15.2 Å². The average Bonchev–Trinajstić information content (AvgIpc) is 3.37. The number of nitrogens with zero attached hydrogens (tertiary/aromatic N) is 5. The van der Waals surface area contributed by atoms with E-state index in [1.807, 2.05) is 11.5 Å². The maximum absolute atomic E-state index is 12.5. The van der Waals surface area contributed by atoms with Gasteiger partial charge in [-0.2, -0.15) is 0 Å². The summed E-state index contributed by atoms with van der Waals surface area (Å²) in [5.41, 5.74) is 1.87. The number of rotatable bonds is 8. The smallest absolute Gasteiger partial charge is 0.442 e. The number of aromatic nitrogens is 4. The Labute approximate surface area is 196 Å². The van der Waals surface area contributed by atoms with Crippen LogP contribution in [0, 0.1) is 0 Å². The van der Waals surface area contributed by atoms with Crippen molar-refractivity contribution in [2.45, 2.75) is 24.9 Å². The summed E-state index contributed by atoms with van der Waals surface area (Å²) >= 11 is 0. The molecule has 0 unspecified atom stereocenters. The maximum Gasteiger partial charge on any atom is 0.442 e. The molecule has 0 aliphatic heterocycles. The molecule has 2 aromatic heterocycles. The van der Waals surface area contributed by atoms with Crippen LogP contribution in [-0.4, -0.2) is 60.3 Å². The van der Waals surface area contributed by atoms with E-state index in [0.29, 0.717) is 40.8 Å². The van der Waals surface area contributed by atoms with Crippen LogP contribution in [0.25, 0.3) is 22.4 Å². The molecule has 0 saturated heterocycles. The molecule has 4 rings (SSSR count). The van der Waals surface area contributed by atoms with Gasteiger partial charge in [-0.1, -0.05) is 5.16 Å². The van der Waals surface area contributed by atoms with Crippen molar-refractivity contribution in [3.05, 3.63) is 52.8 Å². The minimum absolute atomic E-state index is 0.0737. The van der Waals surface area contributed by atoms with Crippen LogP contribution in [0.2, 0.25) is 0 Å². The van der Waals surface area contributed by atoms with Gasteiger partial charge < -0.3 is 14.0 Å². The summed E-state index contributed by atoms with van der Waals surface area (Å²) < 4.78 is 45.1. The second kappa shape index (κ2) is 8.95. The van der Waals surface area contributed by atoms with Crippen molar-refractivity contribution in [1.82, 2.24) is 23.6 Å². The summed E-state index contributed by atoms with van der Waals surface area (Å²) in [5.74, 6) is 1.24. The summed E-state index contributed by atoms with van der Waals surface area (Å²) in [6.45, 7) is 2.59. The number of ether oxygens (including phenoxy) is 2. The first-order valence-electron chi connectivity index (χ1n) is 10.4. The molecule has 0 atom stereocenters. The van der Waals surface area contributed by atoms with Gasteiger partial charge in [0.25, 0.3) is 0 Å². The summed E-state index contributed by atoms with van der Waals surface area (Å²) in [7, 11) is 2.40. The predicted octanol–water partition coefficient (Wildman–Crippen LogP) is 2.19. The molecule has 180 valence electrons. The van der Waals surface area contributed by atoms with E-state index in [4.69, 9.17) is 14.0 Å². The van der Waals surface area contributed by atoms with Gasteiger partial charge in [0.05, 0.1) is 36.7 Å².